The van der Waals surface area contributed by atoms with Crippen molar-refractivity contribution in [3.63, 3.8) is 0 Å². The Morgan fingerprint density at radius 2 is 2.00 bits per heavy atom. The fraction of sp³-hybridized carbons (Fsp3) is 0.158. The fourth-order valence-electron chi connectivity index (χ4n) is 3.40. The first-order valence-electron chi connectivity index (χ1n) is 8.12. The molecule has 1 aliphatic heterocycles. The van der Waals surface area contributed by atoms with Crippen LogP contribution < -0.4 is 10.6 Å². The molecule has 2 heterocycles. The number of amides is 1. The minimum atomic E-state index is -1.06. The molecule has 0 aliphatic carbocycles. The summed E-state index contributed by atoms with van der Waals surface area (Å²) in [5, 5.41) is 6.24. The fourth-order valence-corrected chi connectivity index (χ4v) is 3.40. The molecule has 0 saturated carbocycles. The molecule has 3 aromatic rings. The van der Waals surface area contributed by atoms with E-state index < -0.39 is 17.4 Å². The highest BCUT2D eigenvalue weighted by atomic mass is 19.2. The Balaban J connectivity index is 1.77. The second-order valence-electron chi connectivity index (χ2n) is 6.19. The number of nitrogens with zero attached hydrogens (tertiary/aromatic N) is 2. The molecule has 26 heavy (non-hydrogen) atoms. The molecule has 0 saturated heterocycles. The second kappa shape index (κ2) is 6.03. The number of aromatic nitrogens is 2. The van der Waals surface area contributed by atoms with E-state index in [1.54, 1.807) is 12.5 Å². The number of benzene rings is 2. The number of imidazole rings is 1. The highest BCUT2D eigenvalue weighted by molar-refractivity contribution is 5.78. The van der Waals surface area contributed by atoms with E-state index in [1.165, 1.54) is 13.0 Å². The zero-order chi connectivity index (χ0) is 18.3. The van der Waals surface area contributed by atoms with Gasteiger partial charge in [0.25, 0.3) is 0 Å². The van der Waals surface area contributed by atoms with Crippen LogP contribution in [-0.2, 0) is 17.1 Å². The summed E-state index contributed by atoms with van der Waals surface area (Å²) in [7, 11) is 0. The number of rotatable bonds is 4. The number of carbonyl (C=O) groups excluding carboxylic acids is 1. The molecule has 132 valence electrons. The largest absolute Gasteiger partial charge is 0.317 e. The summed E-state index contributed by atoms with van der Waals surface area (Å²) in [6.07, 6.45) is 3.35. The standard InChI is InChI=1S/C19H16F2N4O/c1-12(26)24-19(23-9-13-6-7-16(20)17(21)8-13)15-5-3-2-4-14(15)18-10-22-11-25(18)19/h2-8,10-11,23H,9H2,1H3,(H,24,26). The normalized spacial score (nSPS) is 17.7. The number of carbonyl (C=O) groups is 1. The van der Waals surface area contributed by atoms with Crippen LogP contribution in [0.2, 0.25) is 0 Å². The molecule has 0 fully saturated rings. The average Bonchev–Trinajstić information content (AvgIpc) is 3.19. The average molecular weight is 354 g/mol. The van der Waals surface area contributed by atoms with Crippen LogP contribution in [0.5, 0.6) is 0 Å². The van der Waals surface area contributed by atoms with Crippen molar-refractivity contribution in [3.05, 3.63) is 77.8 Å². The van der Waals surface area contributed by atoms with Gasteiger partial charge in [0.1, 0.15) is 0 Å². The third-order valence-corrected chi connectivity index (χ3v) is 4.48. The van der Waals surface area contributed by atoms with Crippen molar-refractivity contribution in [3.8, 4) is 11.3 Å². The molecule has 1 amide bonds. The summed E-state index contributed by atoms with van der Waals surface area (Å²) in [4.78, 5) is 16.2. The zero-order valence-corrected chi connectivity index (χ0v) is 14.0. The van der Waals surface area contributed by atoms with Gasteiger partial charge in [-0.2, -0.15) is 0 Å². The van der Waals surface area contributed by atoms with Crippen molar-refractivity contribution >= 4 is 5.91 Å². The molecule has 2 aromatic carbocycles. The predicted molar refractivity (Wildman–Crippen MR) is 91.8 cm³/mol. The van der Waals surface area contributed by atoms with Gasteiger partial charge in [0.05, 0.1) is 18.2 Å². The van der Waals surface area contributed by atoms with Gasteiger partial charge in [-0.15, -0.1) is 0 Å². The minimum absolute atomic E-state index is 0.212. The summed E-state index contributed by atoms with van der Waals surface area (Å²) >= 11 is 0. The molecule has 0 bridgehead atoms. The monoisotopic (exact) mass is 354 g/mol. The Labute approximate surface area is 148 Å². The molecule has 4 rings (SSSR count). The Morgan fingerprint density at radius 1 is 1.19 bits per heavy atom. The van der Waals surface area contributed by atoms with Crippen LogP contribution >= 0.6 is 0 Å². The predicted octanol–water partition coefficient (Wildman–Crippen LogP) is 2.73. The highest BCUT2D eigenvalue weighted by Crippen LogP contribution is 2.40. The van der Waals surface area contributed by atoms with Crippen molar-refractivity contribution in [1.29, 1.82) is 0 Å². The van der Waals surface area contributed by atoms with E-state index in [1.807, 2.05) is 28.8 Å². The van der Waals surface area contributed by atoms with E-state index in [4.69, 9.17) is 0 Å². The van der Waals surface area contributed by atoms with E-state index in [0.717, 1.165) is 29.0 Å². The molecular weight excluding hydrogens is 338 g/mol. The van der Waals surface area contributed by atoms with Gasteiger partial charge in [-0.1, -0.05) is 30.3 Å². The van der Waals surface area contributed by atoms with Gasteiger partial charge >= 0.3 is 0 Å². The molecule has 5 nitrogen and oxygen atoms in total. The molecular formula is C19H16F2N4O. The van der Waals surface area contributed by atoms with Crippen LogP contribution in [0.1, 0.15) is 18.1 Å². The maximum absolute atomic E-state index is 13.5. The van der Waals surface area contributed by atoms with Crippen LogP contribution in [0.3, 0.4) is 0 Å². The van der Waals surface area contributed by atoms with Gasteiger partial charge in [-0.3, -0.25) is 14.7 Å². The van der Waals surface area contributed by atoms with Crippen LogP contribution in [0.25, 0.3) is 11.3 Å². The van der Waals surface area contributed by atoms with Gasteiger partial charge in [0.2, 0.25) is 11.7 Å². The first kappa shape index (κ1) is 16.4. The van der Waals surface area contributed by atoms with Gasteiger partial charge in [-0.05, 0) is 17.7 Å². The summed E-state index contributed by atoms with van der Waals surface area (Å²) in [5.74, 6) is -3.10. The third kappa shape index (κ3) is 2.48. The number of fused-ring (bicyclic) bond motifs is 3. The molecule has 1 atom stereocenters. The number of nitrogens with one attached hydrogen (secondary N) is 2. The molecule has 2 N–H and O–H groups in total. The van der Waals surface area contributed by atoms with E-state index in [0.29, 0.717) is 5.56 Å². The van der Waals surface area contributed by atoms with Crippen LogP contribution in [-0.4, -0.2) is 15.5 Å². The summed E-state index contributed by atoms with van der Waals surface area (Å²) < 4.78 is 28.5. The quantitative estimate of drug-likeness (QED) is 0.709. The molecule has 1 aliphatic rings. The Hall–Kier alpha value is -3.06. The minimum Gasteiger partial charge on any atom is -0.317 e. The summed E-state index contributed by atoms with van der Waals surface area (Å²) in [6.45, 7) is 1.64. The smallest absolute Gasteiger partial charge is 0.219 e. The topological polar surface area (TPSA) is 59.0 Å². The highest BCUT2D eigenvalue weighted by Gasteiger charge is 2.43. The van der Waals surface area contributed by atoms with E-state index in [2.05, 4.69) is 15.6 Å². The van der Waals surface area contributed by atoms with Gasteiger partial charge in [0, 0.05) is 24.6 Å². The van der Waals surface area contributed by atoms with Gasteiger partial charge < -0.3 is 5.32 Å². The van der Waals surface area contributed by atoms with Crippen molar-refractivity contribution in [2.24, 2.45) is 0 Å². The van der Waals surface area contributed by atoms with Crippen molar-refractivity contribution in [1.82, 2.24) is 20.2 Å². The summed E-state index contributed by atoms with van der Waals surface area (Å²) in [6, 6.07) is 11.4. The van der Waals surface area contributed by atoms with Crippen LogP contribution in [0.15, 0.2) is 55.0 Å². The van der Waals surface area contributed by atoms with E-state index >= 15 is 0 Å². The SMILES string of the molecule is CC(=O)NC1(NCc2ccc(F)c(F)c2)c2ccccc2-c2cncn21. The number of hydrogen-bond acceptors (Lipinski definition) is 3. The van der Waals surface area contributed by atoms with Gasteiger partial charge in [-0.25, -0.2) is 13.8 Å². The van der Waals surface area contributed by atoms with Crippen molar-refractivity contribution < 1.29 is 13.6 Å². The van der Waals surface area contributed by atoms with Crippen LogP contribution in [0.4, 0.5) is 8.78 Å². The Bertz CT molecular complexity index is 1000. The second-order valence-corrected chi connectivity index (χ2v) is 6.19. The molecule has 1 aromatic heterocycles. The summed E-state index contributed by atoms with van der Waals surface area (Å²) in [5.41, 5.74) is 3.21. The maximum atomic E-state index is 13.5. The van der Waals surface area contributed by atoms with E-state index in [9.17, 15) is 13.6 Å². The zero-order valence-electron chi connectivity index (χ0n) is 14.0. The first-order valence-corrected chi connectivity index (χ1v) is 8.12. The maximum Gasteiger partial charge on any atom is 0.219 e. The van der Waals surface area contributed by atoms with Crippen molar-refractivity contribution in [2.45, 2.75) is 19.3 Å². The number of halogens is 2. The van der Waals surface area contributed by atoms with Crippen LogP contribution in [0, 0.1) is 11.6 Å². The third-order valence-electron chi connectivity index (χ3n) is 4.48. The Morgan fingerprint density at radius 3 is 2.77 bits per heavy atom. The number of hydrogen-bond donors (Lipinski definition) is 2. The lowest BCUT2D eigenvalue weighted by Crippen LogP contribution is -2.58. The van der Waals surface area contributed by atoms with Crippen molar-refractivity contribution in [2.75, 3.05) is 0 Å². The lowest BCUT2D eigenvalue weighted by molar-refractivity contribution is -0.121. The van der Waals surface area contributed by atoms with E-state index in [-0.39, 0.29) is 12.5 Å². The Kier molecular flexibility index (Phi) is 3.81. The lowest BCUT2D eigenvalue weighted by Gasteiger charge is -2.34. The first-order chi connectivity index (χ1) is 12.5. The van der Waals surface area contributed by atoms with Gasteiger partial charge in [0.15, 0.2) is 11.6 Å². The molecule has 0 radical (unpaired) electrons. The molecule has 7 heteroatoms. The lowest BCUT2D eigenvalue weighted by atomic mass is 10.0. The molecule has 0 spiro atoms. The molecule has 1 unspecified atom stereocenters.